The minimum absolute atomic E-state index is 0.00811. The summed E-state index contributed by atoms with van der Waals surface area (Å²) < 4.78 is 16.0. The normalized spacial score (nSPS) is 11.6. The molecule has 3 amide bonds. The third-order valence-electron chi connectivity index (χ3n) is 5.19. The van der Waals surface area contributed by atoms with Gasteiger partial charge in [-0.2, -0.15) is 0 Å². The van der Waals surface area contributed by atoms with E-state index in [-0.39, 0.29) is 11.4 Å². The molecule has 0 saturated carbocycles. The molecular weight excluding hydrogens is 503 g/mol. The highest BCUT2D eigenvalue weighted by Gasteiger charge is 2.22. The lowest BCUT2D eigenvalue weighted by Crippen LogP contribution is -2.40. The molecule has 0 aliphatic heterocycles. The molecule has 0 bridgehead atoms. The minimum atomic E-state index is -0.955. The van der Waals surface area contributed by atoms with Crippen LogP contribution in [0, 0.1) is 5.82 Å². The molecule has 0 radical (unpaired) electrons. The summed E-state index contributed by atoms with van der Waals surface area (Å²) in [4.78, 5) is 38.3. The van der Waals surface area contributed by atoms with Crippen molar-refractivity contribution in [1.82, 2.24) is 9.99 Å². The highest BCUT2D eigenvalue weighted by atomic mass is 79.9. The fraction of sp³-hybridized carbons (Fsp3) is 0.0800. The molecule has 1 atom stereocenters. The molecule has 172 valence electrons. The van der Waals surface area contributed by atoms with Crippen LogP contribution in [0.5, 0.6) is 0 Å². The van der Waals surface area contributed by atoms with E-state index in [1.165, 1.54) is 22.9 Å². The van der Waals surface area contributed by atoms with Crippen LogP contribution in [-0.2, 0) is 9.59 Å². The van der Waals surface area contributed by atoms with Gasteiger partial charge in [-0.15, -0.1) is 0 Å². The fourth-order valence-corrected chi connectivity index (χ4v) is 3.84. The van der Waals surface area contributed by atoms with Crippen molar-refractivity contribution in [1.29, 1.82) is 0 Å². The highest BCUT2D eigenvalue weighted by molar-refractivity contribution is 9.10. The Morgan fingerprint density at radius 1 is 0.912 bits per heavy atom. The van der Waals surface area contributed by atoms with E-state index < -0.39 is 29.6 Å². The second-order valence-corrected chi connectivity index (χ2v) is 8.46. The lowest BCUT2D eigenvalue weighted by Gasteiger charge is -2.16. The molecule has 34 heavy (non-hydrogen) atoms. The van der Waals surface area contributed by atoms with Gasteiger partial charge in [0, 0.05) is 9.86 Å². The van der Waals surface area contributed by atoms with Gasteiger partial charge in [-0.3, -0.25) is 19.8 Å². The molecule has 0 unspecified atom stereocenters. The Kier molecular flexibility index (Phi) is 6.74. The predicted molar refractivity (Wildman–Crippen MR) is 131 cm³/mol. The largest absolute Gasteiger partial charge is 0.341 e. The maximum atomic E-state index is 14.1. The van der Waals surface area contributed by atoms with Gasteiger partial charge in [0.15, 0.2) is 0 Å². The number of anilines is 1. The van der Waals surface area contributed by atoms with Crippen molar-refractivity contribution in [2.24, 2.45) is 0 Å². The summed E-state index contributed by atoms with van der Waals surface area (Å²) in [6, 6.07) is 21.3. The maximum absolute atomic E-state index is 14.1. The number of fused-ring (bicyclic) bond motifs is 1. The fourth-order valence-electron chi connectivity index (χ4n) is 3.46. The number of hydrogen-bond donors (Lipinski definition) is 3. The lowest BCUT2D eigenvalue weighted by atomic mass is 10.1. The first kappa shape index (κ1) is 23.2. The van der Waals surface area contributed by atoms with E-state index in [4.69, 9.17) is 0 Å². The van der Waals surface area contributed by atoms with Crippen LogP contribution in [0.3, 0.4) is 0 Å². The van der Waals surface area contributed by atoms with Crippen LogP contribution in [0.1, 0.15) is 29.0 Å². The van der Waals surface area contributed by atoms with E-state index in [1.807, 2.05) is 30.3 Å². The van der Waals surface area contributed by atoms with Gasteiger partial charge in [-0.1, -0.05) is 58.4 Å². The van der Waals surface area contributed by atoms with Crippen LogP contribution in [0.25, 0.3) is 10.9 Å². The molecule has 0 fully saturated rings. The van der Waals surface area contributed by atoms with Crippen molar-refractivity contribution in [2.45, 2.75) is 13.0 Å². The number of rotatable bonds is 5. The predicted octanol–water partition coefficient (Wildman–Crippen LogP) is 4.74. The van der Waals surface area contributed by atoms with Crippen LogP contribution in [0.4, 0.5) is 10.1 Å². The van der Waals surface area contributed by atoms with Gasteiger partial charge < -0.3 is 10.6 Å². The van der Waals surface area contributed by atoms with E-state index >= 15 is 0 Å². The number of nitrogens with one attached hydrogen (secondary N) is 3. The molecule has 9 heteroatoms. The number of amides is 3. The van der Waals surface area contributed by atoms with Gasteiger partial charge in [-0.25, -0.2) is 9.07 Å². The van der Waals surface area contributed by atoms with Crippen LogP contribution >= 0.6 is 15.9 Å². The summed E-state index contributed by atoms with van der Waals surface area (Å²) in [6.45, 7) is 1.76. The summed E-state index contributed by atoms with van der Waals surface area (Å²) in [5.41, 5.74) is 3.82. The minimum Gasteiger partial charge on any atom is -0.341 e. The van der Waals surface area contributed by atoms with Gasteiger partial charge in [0.1, 0.15) is 11.5 Å². The Labute approximate surface area is 203 Å². The zero-order valence-electron chi connectivity index (χ0n) is 18.0. The zero-order chi connectivity index (χ0) is 24.2. The van der Waals surface area contributed by atoms with Crippen molar-refractivity contribution >= 4 is 50.2 Å². The molecule has 0 aliphatic rings. The van der Waals surface area contributed by atoms with Gasteiger partial charge in [0.25, 0.3) is 5.91 Å². The standard InChI is InChI=1S/C25H20BrFN4O3/c1-15(16-7-3-2-4-8-16)28-24(33)25(34)30-31-21-12-11-18(26)13-17(21)14-22(31)23(32)29-20-10-6-5-9-19(20)27/h2-15H,1H3,(H,28,33)(H,29,32)(H,30,34)/t15-/m1/s1. The van der Waals surface area contributed by atoms with Crippen LogP contribution in [0.2, 0.25) is 0 Å². The Hall–Kier alpha value is -3.98. The third-order valence-corrected chi connectivity index (χ3v) is 5.68. The maximum Gasteiger partial charge on any atom is 0.328 e. The lowest BCUT2D eigenvalue weighted by molar-refractivity contribution is -0.137. The Morgan fingerprint density at radius 3 is 2.35 bits per heavy atom. The molecule has 4 rings (SSSR count). The van der Waals surface area contributed by atoms with Gasteiger partial charge >= 0.3 is 11.8 Å². The third kappa shape index (κ3) is 4.99. The molecular formula is C25H20BrFN4O3. The first-order valence-corrected chi connectivity index (χ1v) is 11.2. The second-order valence-electron chi connectivity index (χ2n) is 7.55. The first-order valence-electron chi connectivity index (χ1n) is 10.4. The molecule has 0 spiro atoms. The zero-order valence-corrected chi connectivity index (χ0v) is 19.6. The van der Waals surface area contributed by atoms with Gasteiger partial charge in [-0.05, 0) is 48.9 Å². The smallest absolute Gasteiger partial charge is 0.328 e. The summed E-state index contributed by atoms with van der Waals surface area (Å²) in [5.74, 6) is -3.07. The Bertz CT molecular complexity index is 1390. The number of halogens is 2. The van der Waals surface area contributed by atoms with Crippen molar-refractivity contribution in [3.8, 4) is 0 Å². The summed E-state index contributed by atoms with van der Waals surface area (Å²) in [7, 11) is 0. The van der Waals surface area contributed by atoms with Crippen molar-refractivity contribution in [3.05, 3.63) is 100 Å². The van der Waals surface area contributed by atoms with Gasteiger partial charge in [0.05, 0.1) is 17.2 Å². The Balaban J connectivity index is 1.60. The first-order chi connectivity index (χ1) is 16.3. The number of aromatic nitrogens is 1. The number of benzene rings is 3. The van der Waals surface area contributed by atoms with E-state index in [1.54, 1.807) is 37.3 Å². The summed E-state index contributed by atoms with van der Waals surface area (Å²) in [6.07, 6.45) is 0. The SMILES string of the molecule is C[C@@H](NC(=O)C(=O)Nn1c(C(=O)Nc2ccccc2F)cc2cc(Br)ccc21)c1ccccc1. The topological polar surface area (TPSA) is 92.2 Å². The molecule has 3 aromatic carbocycles. The van der Waals surface area contributed by atoms with E-state index in [2.05, 4.69) is 32.0 Å². The molecule has 0 saturated heterocycles. The molecule has 1 heterocycles. The number of carbonyl (C=O) groups excluding carboxylic acids is 3. The molecule has 0 aliphatic carbocycles. The van der Waals surface area contributed by atoms with E-state index in [0.717, 1.165) is 10.0 Å². The highest BCUT2D eigenvalue weighted by Crippen LogP contribution is 2.24. The summed E-state index contributed by atoms with van der Waals surface area (Å²) >= 11 is 3.38. The van der Waals surface area contributed by atoms with E-state index in [9.17, 15) is 18.8 Å². The van der Waals surface area contributed by atoms with Gasteiger partial charge in [0.2, 0.25) is 0 Å². The number of nitrogens with zero attached hydrogens (tertiary/aromatic N) is 1. The van der Waals surface area contributed by atoms with Crippen LogP contribution in [-0.4, -0.2) is 22.4 Å². The van der Waals surface area contributed by atoms with Crippen molar-refractivity contribution in [3.63, 3.8) is 0 Å². The number of para-hydroxylation sites is 1. The van der Waals surface area contributed by atoms with E-state index in [0.29, 0.717) is 10.9 Å². The van der Waals surface area contributed by atoms with Crippen molar-refractivity contribution in [2.75, 3.05) is 10.7 Å². The number of carbonyl (C=O) groups is 3. The molecule has 7 nitrogen and oxygen atoms in total. The van der Waals surface area contributed by atoms with Crippen LogP contribution < -0.4 is 16.1 Å². The average Bonchev–Trinajstić information content (AvgIpc) is 3.18. The second kappa shape index (κ2) is 9.88. The quantitative estimate of drug-likeness (QED) is 0.330. The number of hydrogen-bond acceptors (Lipinski definition) is 3. The monoisotopic (exact) mass is 522 g/mol. The molecule has 1 aromatic heterocycles. The average molecular weight is 523 g/mol. The molecule has 4 aromatic rings. The molecule has 3 N–H and O–H groups in total. The van der Waals surface area contributed by atoms with Crippen LogP contribution in [0.15, 0.2) is 83.3 Å². The van der Waals surface area contributed by atoms with Crippen molar-refractivity contribution < 1.29 is 18.8 Å². The Morgan fingerprint density at radius 2 is 1.62 bits per heavy atom. The summed E-state index contributed by atoms with van der Waals surface area (Å²) in [5, 5.41) is 5.77.